The molecule has 3 N–H and O–H groups in total. The maximum absolute atomic E-state index is 12.1. The molecule has 1 aliphatic heterocycles. The maximum atomic E-state index is 12.1. The van der Waals surface area contributed by atoms with Crippen LogP contribution < -0.4 is 20.9 Å². The SMILES string of the molecule is O=C(CNC(=O)c1ccc(Cl)cc1Cl)NCC(=O)Nc1ccc(N2CCCCCC2)cc1. The van der Waals surface area contributed by atoms with E-state index >= 15 is 0 Å². The Bertz CT molecular complexity index is 958. The normalized spacial score (nSPS) is 13.8. The lowest BCUT2D eigenvalue weighted by Gasteiger charge is -2.22. The van der Waals surface area contributed by atoms with E-state index in [2.05, 4.69) is 20.9 Å². The Balaban J connectivity index is 1.40. The van der Waals surface area contributed by atoms with Crippen molar-refractivity contribution in [3.8, 4) is 0 Å². The Morgan fingerprint density at radius 2 is 1.47 bits per heavy atom. The fraction of sp³-hybridized carbons (Fsp3) is 0.348. The van der Waals surface area contributed by atoms with Gasteiger partial charge in [-0.05, 0) is 55.3 Å². The molecule has 0 aromatic heterocycles. The fourth-order valence-electron chi connectivity index (χ4n) is 3.46. The van der Waals surface area contributed by atoms with Gasteiger partial charge < -0.3 is 20.9 Å². The van der Waals surface area contributed by atoms with E-state index in [1.54, 1.807) is 0 Å². The van der Waals surface area contributed by atoms with Crippen molar-refractivity contribution in [1.82, 2.24) is 10.6 Å². The molecule has 170 valence electrons. The van der Waals surface area contributed by atoms with Crippen LogP contribution in [0.25, 0.3) is 0 Å². The molecule has 1 heterocycles. The molecule has 1 saturated heterocycles. The lowest BCUT2D eigenvalue weighted by molar-refractivity contribution is -0.123. The molecule has 2 aromatic carbocycles. The molecule has 32 heavy (non-hydrogen) atoms. The molecule has 0 bridgehead atoms. The summed E-state index contributed by atoms with van der Waals surface area (Å²) in [6, 6.07) is 12.2. The van der Waals surface area contributed by atoms with Crippen LogP contribution in [-0.2, 0) is 9.59 Å². The van der Waals surface area contributed by atoms with Crippen LogP contribution in [0.3, 0.4) is 0 Å². The van der Waals surface area contributed by atoms with Crippen molar-refractivity contribution in [3.05, 3.63) is 58.1 Å². The summed E-state index contributed by atoms with van der Waals surface area (Å²) >= 11 is 11.8. The van der Waals surface area contributed by atoms with Crippen molar-refractivity contribution in [3.63, 3.8) is 0 Å². The Kier molecular flexibility index (Phi) is 8.76. The minimum atomic E-state index is -0.504. The number of carbonyl (C=O) groups is 3. The third-order valence-corrected chi connectivity index (χ3v) is 5.70. The second-order valence-corrected chi connectivity index (χ2v) is 8.42. The summed E-state index contributed by atoms with van der Waals surface area (Å²) < 4.78 is 0. The zero-order valence-corrected chi connectivity index (χ0v) is 19.1. The Morgan fingerprint density at radius 3 is 2.12 bits per heavy atom. The third-order valence-electron chi connectivity index (χ3n) is 5.15. The Labute approximate surface area is 197 Å². The first-order chi connectivity index (χ1) is 15.4. The van der Waals surface area contributed by atoms with E-state index in [0.29, 0.717) is 10.7 Å². The first kappa shape index (κ1) is 23.9. The zero-order valence-electron chi connectivity index (χ0n) is 17.6. The number of nitrogens with one attached hydrogen (secondary N) is 3. The minimum Gasteiger partial charge on any atom is -0.372 e. The summed E-state index contributed by atoms with van der Waals surface area (Å²) in [6.07, 6.45) is 4.95. The van der Waals surface area contributed by atoms with Crippen molar-refractivity contribution in [2.75, 3.05) is 36.4 Å². The number of halogens is 2. The van der Waals surface area contributed by atoms with Crippen LogP contribution in [0.1, 0.15) is 36.0 Å². The van der Waals surface area contributed by atoms with Gasteiger partial charge in [-0.3, -0.25) is 14.4 Å². The van der Waals surface area contributed by atoms with Gasteiger partial charge in [-0.25, -0.2) is 0 Å². The van der Waals surface area contributed by atoms with E-state index in [1.165, 1.54) is 43.9 Å². The average Bonchev–Trinajstić information content (AvgIpc) is 3.06. The number of hydrogen-bond acceptors (Lipinski definition) is 4. The number of anilines is 2. The van der Waals surface area contributed by atoms with Crippen LogP contribution in [0.4, 0.5) is 11.4 Å². The molecule has 0 atom stereocenters. The van der Waals surface area contributed by atoms with Gasteiger partial charge in [0.1, 0.15) is 0 Å². The van der Waals surface area contributed by atoms with E-state index in [-0.39, 0.29) is 29.6 Å². The van der Waals surface area contributed by atoms with Gasteiger partial charge in [-0.15, -0.1) is 0 Å². The second-order valence-electron chi connectivity index (χ2n) is 7.58. The highest BCUT2D eigenvalue weighted by Crippen LogP contribution is 2.22. The number of carbonyl (C=O) groups excluding carboxylic acids is 3. The quantitative estimate of drug-likeness (QED) is 0.565. The summed E-state index contributed by atoms with van der Waals surface area (Å²) in [5.74, 6) is -1.35. The smallest absolute Gasteiger partial charge is 0.253 e. The van der Waals surface area contributed by atoms with Gasteiger partial charge in [0.2, 0.25) is 11.8 Å². The van der Waals surface area contributed by atoms with Crippen LogP contribution in [0.5, 0.6) is 0 Å². The molecular weight excluding hydrogens is 451 g/mol. The summed E-state index contributed by atoms with van der Waals surface area (Å²) in [7, 11) is 0. The van der Waals surface area contributed by atoms with E-state index in [0.717, 1.165) is 18.8 Å². The van der Waals surface area contributed by atoms with Crippen LogP contribution in [0.2, 0.25) is 10.0 Å². The highest BCUT2D eigenvalue weighted by atomic mass is 35.5. The molecule has 7 nitrogen and oxygen atoms in total. The number of benzene rings is 2. The molecule has 2 aromatic rings. The molecule has 0 unspecified atom stereocenters. The number of amides is 3. The molecule has 9 heteroatoms. The highest BCUT2D eigenvalue weighted by Gasteiger charge is 2.13. The first-order valence-electron chi connectivity index (χ1n) is 10.6. The number of nitrogens with zero attached hydrogens (tertiary/aromatic N) is 1. The summed E-state index contributed by atoms with van der Waals surface area (Å²) in [5, 5.41) is 8.29. The van der Waals surface area contributed by atoms with Gasteiger partial charge in [0.25, 0.3) is 5.91 Å². The van der Waals surface area contributed by atoms with E-state index in [4.69, 9.17) is 23.2 Å². The van der Waals surface area contributed by atoms with Crippen molar-refractivity contribution >= 4 is 52.3 Å². The fourth-order valence-corrected chi connectivity index (χ4v) is 3.95. The van der Waals surface area contributed by atoms with Gasteiger partial charge in [0, 0.05) is 29.5 Å². The van der Waals surface area contributed by atoms with E-state index < -0.39 is 11.8 Å². The Hall–Kier alpha value is -2.77. The molecule has 3 rings (SSSR count). The van der Waals surface area contributed by atoms with Gasteiger partial charge in [0.15, 0.2) is 0 Å². The third kappa shape index (κ3) is 7.14. The molecule has 0 aliphatic carbocycles. The van der Waals surface area contributed by atoms with Crippen LogP contribution in [0, 0.1) is 0 Å². The summed E-state index contributed by atoms with van der Waals surface area (Å²) in [5.41, 5.74) is 2.02. The number of rotatable bonds is 7. The lowest BCUT2D eigenvalue weighted by Crippen LogP contribution is -2.40. The predicted molar refractivity (Wildman–Crippen MR) is 128 cm³/mol. The van der Waals surface area contributed by atoms with Crippen LogP contribution in [0.15, 0.2) is 42.5 Å². The van der Waals surface area contributed by atoms with Gasteiger partial charge in [-0.1, -0.05) is 36.0 Å². The molecule has 3 amide bonds. The monoisotopic (exact) mass is 476 g/mol. The Morgan fingerprint density at radius 1 is 0.812 bits per heavy atom. The average molecular weight is 477 g/mol. The lowest BCUT2D eigenvalue weighted by atomic mass is 10.2. The first-order valence-corrected chi connectivity index (χ1v) is 11.3. The second kappa shape index (κ2) is 11.7. The highest BCUT2D eigenvalue weighted by molar-refractivity contribution is 6.36. The summed E-state index contributed by atoms with van der Waals surface area (Å²) in [4.78, 5) is 38.6. The van der Waals surface area contributed by atoms with E-state index in [9.17, 15) is 14.4 Å². The van der Waals surface area contributed by atoms with Crippen molar-refractivity contribution in [2.24, 2.45) is 0 Å². The molecule has 0 saturated carbocycles. The zero-order chi connectivity index (χ0) is 22.9. The van der Waals surface area contributed by atoms with E-state index in [1.807, 2.05) is 24.3 Å². The molecule has 1 fully saturated rings. The summed E-state index contributed by atoms with van der Waals surface area (Å²) in [6.45, 7) is 1.62. The topological polar surface area (TPSA) is 90.5 Å². The standard InChI is InChI=1S/C23H26Cl2N4O3/c24-16-5-10-19(20(25)13-16)23(32)27-14-21(30)26-15-22(31)28-17-6-8-18(9-7-17)29-11-3-1-2-4-12-29/h5-10,13H,1-4,11-12,14-15H2,(H,26,30)(H,27,32)(H,28,31). The van der Waals surface area contributed by atoms with Crippen LogP contribution in [-0.4, -0.2) is 43.9 Å². The van der Waals surface area contributed by atoms with Gasteiger partial charge in [0.05, 0.1) is 23.7 Å². The largest absolute Gasteiger partial charge is 0.372 e. The van der Waals surface area contributed by atoms with Crippen molar-refractivity contribution < 1.29 is 14.4 Å². The molecule has 0 spiro atoms. The molecule has 0 radical (unpaired) electrons. The minimum absolute atomic E-state index is 0.191. The van der Waals surface area contributed by atoms with Crippen molar-refractivity contribution in [2.45, 2.75) is 25.7 Å². The van der Waals surface area contributed by atoms with Gasteiger partial charge in [-0.2, -0.15) is 0 Å². The maximum Gasteiger partial charge on any atom is 0.253 e. The van der Waals surface area contributed by atoms with Crippen molar-refractivity contribution in [1.29, 1.82) is 0 Å². The molecular formula is C23H26Cl2N4O3. The predicted octanol–water partition coefficient (Wildman–Crippen LogP) is 3.86. The number of hydrogen-bond donors (Lipinski definition) is 3. The molecule has 1 aliphatic rings. The van der Waals surface area contributed by atoms with Gasteiger partial charge >= 0.3 is 0 Å². The van der Waals surface area contributed by atoms with Crippen LogP contribution >= 0.6 is 23.2 Å².